The van der Waals surface area contributed by atoms with Crippen LogP contribution in [0.4, 0.5) is 0 Å². The highest BCUT2D eigenvalue weighted by Crippen LogP contribution is 2.14. The Hall–Kier alpha value is -0.493. The first kappa shape index (κ1) is 16.5. The minimum atomic E-state index is -0.982. The minimum Gasteiger partial charge on any atom is -0.480 e. The van der Waals surface area contributed by atoms with Crippen molar-refractivity contribution in [3.8, 4) is 0 Å². The van der Waals surface area contributed by atoms with Crippen molar-refractivity contribution < 1.29 is 14.7 Å². The summed E-state index contributed by atoms with van der Waals surface area (Å²) >= 11 is 1.60. The Labute approximate surface area is 109 Å². The van der Waals surface area contributed by atoms with Gasteiger partial charge in [0.05, 0.1) is 0 Å². The highest BCUT2D eigenvalue weighted by atomic mass is 32.2. The normalized spacial score (nSPS) is 13.2. The van der Waals surface area contributed by atoms with Crippen LogP contribution in [-0.2, 0) is 9.59 Å². The Bertz CT molecular complexity index is 266. The van der Waals surface area contributed by atoms with Crippen LogP contribution in [0.1, 0.15) is 13.3 Å². The van der Waals surface area contributed by atoms with Gasteiger partial charge in [0.2, 0.25) is 5.91 Å². The number of carbonyl (C=O) groups is 2. The van der Waals surface area contributed by atoms with Crippen LogP contribution in [0, 0.1) is 0 Å². The second kappa shape index (κ2) is 7.76. The molecule has 0 aromatic carbocycles. The fraction of sp³-hybridized carbons (Fsp3) is 0.818. The van der Waals surface area contributed by atoms with Gasteiger partial charge >= 0.3 is 5.97 Å². The van der Waals surface area contributed by atoms with E-state index in [1.807, 2.05) is 0 Å². The Morgan fingerprint density at radius 2 is 1.94 bits per heavy atom. The summed E-state index contributed by atoms with van der Waals surface area (Å²) < 4.78 is 0. The van der Waals surface area contributed by atoms with E-state index in [0.717, 1.165) is 12.2 Å². The second-order valence-corrected chi connectivity index (χ2v) is 12.1. The molecule has 17 heavy (non-hydrogen) atoms. The second-order valence-electron chi connectivity index (χ2n) is 5.33. The molecule has 2 N–H and O–H groups in total. The number of nitrogens with one attached hydrogen (secondary N) is 1. The van der Waals surface area contributed by atoms with Crippen molar-refractivity contribution >= 4 is 31.7 Å². The van der Waals surface area contributed by atoms with Gasteiger partial charge < -0.3 is 10.4 Å². The molecule has 0 aromatic heterocycles. The lowest BCUT2D eigenvalue weighted by Gasteiger charge is -2.16. The van der Waals surface area contributed by atoms with Gasteiger partial charge in [0.1, 0.15) is 6.04 Å². The molecule has 0 radical (unpaired) electrons. The molecule has 0 aromatic rings. The van der Waals surface area contributed by atoms with Gasteiger partial charge in [0.25, 0.3) is 0 Å². The number of rotatable bonds is 8. The Balaban J connectivity index is 3.76. The molecule has 0 bridgehead atoms. The minimum absolute atomic E-state index is 0.292. The summed E-state index contributed by atoms with van der Waals surface area (Å²) in [5, 5.41) is 11.3. The van der Waals surface area contributed by atoms with E-state index >= 15 is 0 Å². The predicted molar refractivity (Wildman–Crippen MR) is 75.3 cm³/mol. The van der Waals surface area contributed by atoms with E-state index in [2.05, 4.69) is 25.0 Å². The van der Waals surface area contributed by atoms with Gasteiger partial charge in [0, 0.05) is 20.8 Å². The molecule has 0 heterocycles. The Kier molecular flexibility index (Phi) is 7.54. The first-order valence-electron chi connectivity index (χ1n) is 5.80. The van der Waals surface area contributed by atoms with Crippen LogP contribution in [-0.4, -0.2) is 42.6 Å². The van der Waals surface area contributed by atoms with Crippen molar-refractivity contribution in [1.82, 2.24) is 5.32 Å². The standard InChI is InChI=1S/C11H23NO3SSi/c1-9(13)12-10(11(14)15)8-16-6-5-7-17(2,3)4/h10H,5-8H2,1-4H3,(H,12,13)(H,14,15). The summed E-state index contributed by atoms with van der Waals surface area (Å²) in [5.74, 6) is 0.159. The van der Waals surface area contributed by atoms with Gasteiger partial charge in [-0.1, -0.05) is 25.7 Å². The average Bonchev–Trinajstić information content (AvgIpc) is 2.12. The third kappa shape index (κ3) is 10.4. The van der Waals surface area contributed by atoms with Crippen molar-refractivity contribution in [3.63, 3.8) is 0 Å². The molecule has 6 heteroatoms. The zero-order valence-corrected chi connectivity index (χ0v) is 12.9. The number of hydrogen-bond donors (Lipinski definition) is 2. The molecule has 0 aliphatic rings. The van der Waals surface area contributed by atoms with Gasteiger partial charge in [-0.3, -0.25) is 4.79 Å². The van der Waals surface area contributed by atoms with E-state index in [9.17, 15) is 9.59 Å². The lowest BCUT2D eigenvalue weighted by Crippen LogP contribution is -2.41. The average molecular weight is 277 g/mol. The van der Waals surface area contributed by atoms with Crippen molar-refractivity contribution in [1.29, 1.82) is 0 Å². The number of carbonyl (C=O) groups excluding carboxylic acids is 1. The third-order valence-electron chi connectivity index (χ3n) is 2.18. The molecule has 0 saturated heterocycles. The molecule has 4 nitrogen and oxygen atoms in total. The molecule has 1 amide bonds. The number of amides is 1. The van der Waals surface area contributed by atoms with Crippen LogP contribution < -0.4 is 5.32 Å². The predicted octanol–water partition coefficient (Wildman–Crippen LogP) is 2.04. The largest absolute Gasteiger partial charge is 0.480 e. The number of aliphatic carboxylic acids is 1. The van der Waals surface area contributed by atoms with E-state index < -0.39 is 20.1 Å². The molecule has 0 rings (SSSR count). The molecular weight excluding hydrogens is 254 g/mol. The first-order valence-corrected chi connectivity index (χ1v) is 10.7. The summed E-state index contributed by atoms with van der Waals surface area (Å²) in [5.41, 5.74) is 0. The van der Waals surface area contributed by atoms with Gasteiger partial charge in [-0.05, 0) is 12.2 Å². The molecule has 0 aliphatic carbocycles. The fourth-order valence-corrected chi connectivity index (χ4v) is 3.80. The number of carboxylic acid groups (broad SMARTS) is 1. The molecule has 100 valence electrons. The van der Waals surface area contributed by atoms with Crippen LogP contribution in [0.3, 0.4) is 0 Å². The van der Waals surface area contributed by atoms with Crippen molar-refractivity contribution in [2.45, 2.75) is 45.1 Å². The molecular formula is C11H23NO3SSi. The van der Waals surface area contributed by atoms with Crippen LogP contribution in [0.2, 0.25) is 25.7 Å². The van der Waals surface area contributed by atoms with Crippen LogP contribution in [0.25, 0.3) is 0 Å². The van der Waals surface area contributed by atoms with Gasteiger partial charge in [-0.2, -0.15) is 11.8 Å². The number of thioether (sulfide) groups is 1. The van der Waals surface area contributed by atoms with E-state index in [4.69, 9.17) is 5.11 Å². The smallest absolute Gasteiger partial charge is 0.327 e. The molecule has 0 aliphatic heterocycles. The maximum Gasteiger partial charge on any atom is 0.327 e. The van der Waals surface area contributed by atoms with E-state index in [-0.39, 0.29) is 5.91 Å². The lowest BCUT2D eigenvalue weighted by atomic mass is 10.3. The summed E-state index contributed by atoms with van der Waals surface area (Å²) in [6.07, 6.45) is 1.13. The zero-order chi connectivity index (χ0) is 13.5. The maximum atomic E-state index is 10.8. The topological polar surface area (TPSA) is 66.4 Å². The summed E-state index contributed by atoms with van der Waals surface area (Å²) in [6.45, 7) is 8.32. The lowest BCUT2D eigenvalue weighted by molar-refractivity contribution is -0.140. The summed E-state index contributed by atoms with van der Waals surface area (Å²) in [7, 11) is -0.982. The molecule has 1 atom stereocenters. The van der Waals surface area contributed by atoms with Crippen LogP contribution in [0.5, 0.6) is 0 Å². The Morgan fingerprint density at radius 1 is 1.35 bits per heavy atom. The highest BCUT2D eigenvalue weighted by molar-refractivity contribution is 7.99. The van der Waals surface area contributed by atoms with Crippen LogP contribution >= 0.6 is 11.8 Å². The van der Waals surface area contributed by atoms with Crippen molar-refractivity contribution in [2.24, 2.45) is 0 Å². The van der Waals surface area contributed by atoms with Crippen molar-refractivity contribution in [2.75, 3.05) is 11.5 Å². The maximum absolute atomic E-state index is 10.8. The zero-order valence-electron chi connectivity index (χ0n) is 11.1. The van der Waals surface area contributed by atoms with E-state index in [1.165, 1.54) is 13.0 Å². The quantitative estimate of drug-likeness (QED) is 0.526. The highest BCUT2D eigenvalue weighted by Gasteiger charge is 2.18. The molecule has 0 fully saturated rings. The first-order chi connectivity index (χ1) is 7.72. The summed E-state index contributed by atoms with van der Waals surface area (Å²) in [6, 6.07) is 0.502. The molecule has 1 unspecified atom stereocenters. The van der Waals surface area contributed by atoms with E-state index in [1.54, 1.807) is 11.8 Å². The number of hydrogen-bond acceptors (Lipinski definition) is 3. The SMILES string of the molecule is CC(=O)NC(CSCCC[Si](C)(C)C)C(=O)O. The van der Waals surface area contributed by atoms with Gasteiger partial charge in [-0.15, -0.1) is 0 Å². The van der Waals surface area contributed by atoms with Gasteiger partial charge in [0.15, 0.2) is 0 Å². The monoisotopic (exact) mass is 277 g/mol. The molecule has 0 spiro atoms. The van der Waals surface area contributed by atoms with Gasteiger partial charge in [-0.25, -0.2) is 4.79 Å². The third-order valence-corrected chi connectivity index (χ3v) is 5.18. The summed E-state index contributed by atoms with van der Waals surface area (Å²) in [4.78, 5) is 21.6. The molecule has 0 saturated carbocycles. The van der Waals surface area contributed by atoms with Crippen LogP contribution in [0.15, 0.2) is 0 Å². The number of carboxylic acids is 1. The van der Waals surface area contributed by atoms with E-state index in [0.29, 0.717) is 5.75 Å². The Morgan fingerprint density at radius 3 is 2.35 bits per heavy atom. The van der Waals surface area contributed by atoms with Crippen molar-refractivity contribution in [3.05, 3.63) is 0 Å². The fourth-order valence-electron chi connectivity index (χ4n) is 1.33.